The first-order chi connectivity index (χ1) is 54.4. The molecule has 2 aliphatic rings. The van der Waals surface area contributed by atoms with Gasteiger partial charge in [0.2, 0.25) is 0 Å². The Kier molecular flexibility index (Phi) is 15.0. The molecule has 2 aliphatic carbocycles. The van der Waals surface area contributed by atoms with Gasteiger partial charge in [0.25, 0.3) is 0 Å². The molecular formula is C102H68N8. The lowest BCUT2D eigenvalue weighted by molar-refractivity contribution is 0.667. The van der Waals surface area contributed by atoms with Crippen LogP contribution in [0, 0.1) is 0 Å². The maximum absolute atomic E-state index is 5.04. The van der Waals surface area contributed by atoms with Crippen LogP contribution in [0.5, 0.6) is 0 Å². The fourth-order valence-corrected chi connectivity index (χ4v) is 18.0. The lowest BCUT2D eigenvalue weighted by Gasteiger charge is -2.34. The van der Waals surface area contributed by atoms with Crippen LogP contribution in [0.4, 0.5) is 0 Å². The minimum Gasteiger partial charge on any atom is -0.309 e. The summed E-state index contributed by atoms with van der Waals surface area (Å²) in [6.07, 6.45) is 0. The summed E-state index contributed by atoms with van der Waals surface area (Å²) in [5, 5.41) is 10.1. The summed E-state index contributed by atoms with van der Waals surface area (Å²) in [6, 6.07) is 134. The van der Waals surface area contributed by atoms with E-state index >= 15 is 0 Å². The van der Waals surface area contributed by atoms with Crippen molar-refractivity contribution in [1.29, 1.82) is 0 Å². The molecule has 4 aromatic heterocycles. The van der Waals surface area contributed by atoms with Gasteiger partial charge in [0, 0.05) is 82.5 Å². The number of benzene rings is 16. The predicted molar refractivity (Wildman–Crippen MR) is 451 cm³/mol. The zero-order chi connectivity index (χ0) is 73.0. The molecule has 4 heterocycles. The summed E-state index contributed by atoms with van der Waals surface area (Å²) >= 11 is 0. The van der Waals surface area contributed by atoms with Crippen LogP contribution in [0.3, 0.4) is 0 Å². The minimum atomic E-state index is -0.568. The van der Waals surface area contributed by atoms with E-state index in [2.05, 4.69) is 278 Å². The van der Waals surface area contributed by atoms with Gasteiger partial charge in [-0.25, -0.2) is 29.9 Å². The molecule has 0 saturated heterocycles. The van der Waals surface area contributed by atoms with Gasteiger partial charge < -0.3 is 9.13 Å². The highest BCUT2D eigenvalue weighted by Gasteiger charge is 2.49. The summed E-state index contributed by atoms with van der Waals surface area (Å²) in [5.41, 5.74) is 25.1. The van der Waals surface area contributed by atoms with Crippen molar-refractivity contribution < 1.29 is 0 Å². The topological polar surface area (TPSA) is 87.2 Å². The lowest BCUT2D eigenvalue weighted by Crippen LogP contribution is -2.28. The first-order valence-corrected chi connectivity index (χ1v) is 37.6. The zero-order valence-corrected chi connectivity index (χ0v) is 60.4. The van der Waals surface area contributed by atoms with Gasteiger partial charge in [-0.05, 0) is 127 Å². The number of aromatic nitrogens is 8. The van der Waals surface area contributed by atoms with Crippen molar-refractivity contribution in [3.63, 3.8) is 0 Å². The second-order valence-electron chi connectivity index (χ2n) is 29.1. The average Bonchev–Trinajstić information content (AvgIpc) is 1.48. The Bertz CT molecular complexity index is 6840. The first kappa shape index (κ1) is 64.1. The Balaban J connectivity index is 0.000000142. The Morgan fingerprint density at radius 1 is 0.227 bits per heavy atom. The Morgan fingerprint density at radius 2 is 0.500 bits per heavy atom. The van der Waals surface area contributed by atoms with Crippen molar-refractivity contribution in [2.24, 2.45) is 0 Å². The lowest BCUT2D eigenvalue weighted by atomic mass is 9.66. The third-order valence-corrected chi connectivity index (χ3v) is 22.7. The molecule has 0 unspecified atom stereocenters. The maximum atomic E-state index is 5.04. The Labute approximate surface area is 636 Å². The molecule has 0 atom stereocenters. The highest BCUT2D eigenvalue weighted by atomic mass is 15.1. The molecule has 8 heteroatoms. The minimum absolute atomic E-state index is 0.154. The molecule has 0 spiro atoms. The summed E-state index contributed by atoms with van der Waals surface area (Å²) in [6.45, 7) is 4.77. The molecule has 0 bridgehead atoms. The van der Waals surface area contributed by atoms with E-state index in [4.69, 9.17) is 29.9 Å². The summed E-state index contributed by atoms with van der Waals surface area (Å²) in [5.74, 6) is 3.89. The summed E-state index contributed by atoms with van der Waals surface area (Å²) in [7, 11) is 0. The van der Waals surface area contributed by atoms with Crippen LogP contribution < -0.4 is 0 Å². The molecule has 0 amide bonds. The standard InChI is InChI=1S/C56H36N4.C46H32N4/c1-5-19-37(20-6-1)53-57-54(38-21-7-2-8-22-38)59-55(58-53)39-33-35-42(36-34-39)60-48-32-18-16-30-46(48)50-51-49(43-27-13-14-28-44(43)52(50)60)45-29-15-17-31-47(45)56(51,40-23-9-3-10-24-40)41-25-11-4-12-26-41;1-46(2)37-23-13-11-21-35(37)39-33-19-9-10-20-34(33)42-40(41(39)46)36-22-12-14-24-38(36)50(42)32-27-25-31(26-28-32)45-48-43(29-15-5-3-6-16-29)47-44(49-45)30-17-7-4-8-18-30/h1-36H;3-28H,1-2H3. The van der Waals surface area contributed by atoms with E-state index in [1.807, 2.05) is 121 Å². The summed E-state index contributed by atoms with van der Waals surface area (Å²) < 4.78 is 4.92. The van der Waals surface area contributed by atoms with Gasteiger partial charge in [-0.2, -0.15) is 0 Å². The number of hydrogen-bond donors (Lipinski definition) is 0. The Hall–Kier alpha value is -14.3. The van der Waals surface area contributed by atoms with Crippen molar-refractivity contribution in [2.75, 3.05) is 0 Å². The molecule has 0 N–H and O–H groups in total. The van der Waals surface area contributed by atoms with Crippen molar-refractivity contribution >= 4 is 65.2 Å². The maximum Gasteiger partial charge on any atom is 0.164 e. The Morgan fingerprint density at radius 3 is 0.882 bits per heavy atom. The fourth-order valence-electron chi connectivity index (χ4n) is 18.0. The van der Waals surface area contributed by atoms with E-state index < -0.39 is 5.41 Å². The second kappa shape index (κ2) is 25.7. The molecule has 0 radical (unpaired) electrons. The van der Waals surface area contributed by atoms with Crippen molar-refractivity contribution in [3.8, 4) is 102 Å². The van der Waals surface area contributed by atoms with E-state index in [1.54, 1.807) is 0 Å². The van der Waals surface area contributed by atoms with E-state index in [0.717, 1.165) is 50.3 Å². The largest absolute Gasteiger partial charge is 0.309 e. The number of nitrogens with zero attached hydrogens (tertiary/aromatic N) is 8. The normalized spacial score (nSPS) is 13.0. The van der Waals surface area contributed by atoms with E-state index in [-0.39, 0.29) is 5.41 Å². The third kappa shape index (κ3) is 9.99. The molecule has 8 nitrogen and oxygen atoms in total. The van der Waals surface area contributed by atoms with Crippen molar-refractivity contribution in [1.82, 2.24) is 39.0 Å². The first-order valence-electron chi connectivity index (χ1n) is 37.6. The fraction of sp³-hybridized carbons (Fsp3) is 0.0392. The number of hydrogen-bond acceptors (Lipinski definition) is 6. The van der Waals surface area contributed by atoms with Crippen LogP contribution in [-0.2, 0) is 10.8 Å². The van der Waals surface area contributed by atoms with Crippen LogP contribution in [-0.4, -0.2) is 39.0 Å². The predicted octanol–water partition coefficient (Wildman–Crippen LogP) is 24.9. The quantitative estimate of drug-likeness (QED) is 0.136. The molecule has 0 saturated carbocycles. The van der Waals surface area contributed by atoms with Gasteiger partial charge >= 0.3 is 0 Å². The van der Waals surface area contributed by atoms with Crippen LogP contribution in [0.1, 0.15) is 47.2 Å². The van der Waals surface area contributed by atoms with E-state index in [9.17, 15) is 0 Å². The zero-order valence-electron chi connectivity index (χ0n) is 60.4. The second-order valence-corrected chi connectivity index (χ2v) is 29.1. The molecule has 16 aromatic carbocycles. The SMILES string of the molecule is CC1(C)c2ccccc2-c2c1c1c3ccccc3n(-c3ccc(-c4nc(-c5ccccc5)nc(-c5ccccc5)n4)cc3)c1c1ccccc21.c1ccc(-c2nc(-c3ccccc3)nc(-c3ccc(-n4c5ccccc5c5c6c(c7ccccc7c54)-c4ccccc4C6(c4ccccc4)c4ccccc4)cc3)n2)cc1. The molecular weight excluding hydrogens is 1340 g/mol. The number of rotatable bonds is 10. The van der Waals surface area contributed by atoms with Gasteiger partial charge in [-0.3, -0.25) is 0 Å². The highest BCUT2D eigenvalue weighted by Crippen LogP contribution is 2.62. The van der Waals surface area contributed by atoms with E-state index in [0.29, 0.717) is 34.9 Å². The molecule has 0 fully saturated rings. The average molecular weight is 1410 g/mol. The third-order valence-electron chi connectivity index (χ3n) is 22.7. The van der Waals surface area contributed by atoms with Crippen LogP contribution in [0.2, 0.25) is 0 Å². The number of fused-ring (bicyclic) bond motifs is 20. The van der Waals surface area contributed by atoms with Gasteiger partial charge in [-0.1, -0.05) is 329 Å². The molecule has 22 rings (SSSR count). The molecule has 0 aliphatic heterocycles. The van der Waals surface area contributed by atoms with Crippen molar-refractivity contribution in [3.05, 3.63) is 409 Å². The highest BCUT2D eigenvalue weighted by molar-refractivity contribution is 6.28. The van der Waals surface area contributed by atoms with Crippen LogP contribution >= 0.6 is 0 Å². The van der Waals surface area contributed by atoms with Gasteiger partial charge in [0.05, 0.1) is 27.5 Å². The summed E-state index contributed by atoms with van der Waals surface area (Å²) in [4.78, 5) is 29.8. The van der Waals surface area contributed by atoms with Crippen LogP contribution in [0.25, 0.3) is 167 Å². The van der Waals surface area contributed by atoms with Crippen LogP contribution in [0.15, 0.2) is 376 Å². The van der Waals surface area contributed by atoms with Gasteiger partial charge in [0.1, 0.15) is 0 Å². The van der Waals surface area contributed by atoms with Gasteiger partial charge in [0.15, 0.2) is 34.9 Å². The number of para-hydroxylation sites is 2. The monoisotopic (exact) mass is 1400 g/mol. The van der Waals surface area contributed by atoms with Crippen molar-refractivity contribution in [2.45, 2.75) is 24.7 Å². The van der Waals surface area contributed by atoms with Gasteiger partial charge in [-0.15, -0.1) is 0 Å². The molecule has 516 valence electrons. The molecule has 20 aromatic rings. The smallest absolute Gasteiger partial charge is 0.164 e. The van der Waals surface area contributed by atoms with E-state index in [1.165, 1.54) is 115 Å². The molecule has 110 heavy (non-hydrogen) atoms.